The van der Waals surface area contributed by atoms with Crippen LogP contribution in [-0.2, 0) is 21.2 Å². The van der Waals surface area contributed by atoms with E-state index in [0.29, 0.717) is 6.42 Å². The highest BCUT2D eigenvalue weighted by Gasteiger charge is 2.39. The number of pyridine rings is 1. The Balaban J connectivity index is 1.85. The van der Waals surface area contributed by atoms with E-state index in [-0.39, 0.29) is 46.8 Å². The summed E-state index contributed by atoms with van der Waals surface area (Å²) in [6, 6.07) is 4.25. The van der Waals surface area contributed by atoms with Crippen LogP contribution in [0.5, 0.6) is 0 Å². The Hall–Kier alpha value is -1.34. The number of nitrogens with zero attached hydrogens (tertiary/aromatic N) is 2. The molecule has 24 heavy (non-hydrogen) atoms. The van der Waals surface area contributed by atoms with Crippen LogP contribution in [0, 0.1) is 0 Å². The van der Waals surface area contributed by atoms with Crippen LogP contribution in [0.2, 0.25) is 5.15 Å². The lowest BCUT2D eigenvalue weighted by atomic mass is 10.1. The zero-order valence-corrected chi connectivity index (χ0v) is 14.9. The minimum Gasteiger partial charge on any atom is -0.334 e. The summed E-state index contributed by atoms with van der Waals surface area (Å²) in [6.07, 6.45) is 4.33. The highest BCUT2D eigenvalue weighted by molar-refractivity contribution is 7.91. The number of sulfone groups is 1. The first kappa shape index (κ1) is 17.5. The molecule has 1 aliphatic carbocycles. The summed E-state index contributed by atoms with van der Waals surface area (Å²) in [5.74, 6) is -0.0773. The Bertz CT molecular complexity index is 784. The van der Waals surface area contributed by atoms with E-state index in [0.717, 1.165) is 25.7 Å². The van der Waals surface area contributed by atoms with E-state index in [9.17, 15) is 18.0 Å². The van der Waals surface area contributed by atoms with Crippen molar-refractivity contribution < 1.29 is 13.2 Å². The number of aromatic nitrogens is 1. The molecule has 0 aromatic carbocycles. The van der Waals surface area contributed by atoms with Gasteiger partial charge in [-0.15, -0.1) is 0 Å². The van der Waals surface area contributed by atoms with E-state index in [2.05, 4.69) is 0 Å². The quantitative estimate of drug-likeness (QED) is 0.750. The van der Waals surface area contributed by atoms with E-state index in [1.807, 2.05) is 0 Å². The van der Waals surface area contributed by atoms with Gasteiger partial charge in [0.05, 0.1) is 11.5 Å². The molecular formula is C16H21ClN2O4S. The van der Waals surface area contributed by atoms with E-state index in [1.165, 1.54) is 10.6 Å². The van der Waals surface area contributed by atoms with Crippen LogP contribution >= 0.6 is 11.6 Å². The Morgan fingerprint density at radius 3 is 2.50 bits per heavy atom. The Morgan fingerprint density at radius 1 is 1.21 bits per heavy atom. The molecule has 0 radical (unpaired) electrons. The zero-order valence-electron chi connectivity index (χ0n) is 13.4. The van der Waals surface area contributed by atoms with Gasteiger partial charge in [0.25, 0.3) is 5.56 Å². The van der Waals surface area contributed by atoms with Crippen molar-refractivity contribution in [1.29, 1.82) is 0 Å². The average molecular weight is 373 g/mol. The van der Waals surface area contributed by atoms with Crippen molar-refractivity contribution in [1.82, 2.24) is 9.47 Å². The third-order valence-corrected chi connectivity index (χ3v) is 6.98. The molecule has 0 bridgehead atoms. The van der Waals surface area contributed by atoms with Crippen LogP contribution in [0.4, 0.5) is 0 Å². The smallest absolute Gasteiger partial charge is 0.252 e. The second kappa shape index (κ2) is 6.88. The predicted octanol–water partition coefficient (Wildman–Crippen LogP) is 1.46. The van der Waals surface area contributed by atoms with Gasteiger partial charge in [0.2, 0.25) is 5.91 Å². The van der Waals surface area contributed by atoms with E-state index in [4.69, 9.17) is 11.6 Å². The first-order valence-corrected chi connectivity index (χ1v) is 10.4. The molecule has 3 rings (SSSR count). The molecule has 2 fully saturated rings. The van der Waals surface area contributed by atoms with Crippen LogP contribution in [0.25, 0.3) is 0 Å². The van der Waals surface area contributed by atoms with Gasteiger partial charge in [0, 0.05) is 18.2 Å². The highest BCUT2D eigenvalue weighted by Crippen LogP contribution is 2.29. The van der Waals surface area contributed by atoms with Crippen LogP contribution in [0.15, 0.2) is 23.0 Å². The zero-order chi connectivity index (χ0) is 17.3. The topological polar surface area (TPSA) is 76.5 Å². The van der Waals surface area contributed by atoms with Gasteiger partial charge < -0.3 is 4.90 Å². The molecule has 0 unspecified atom stereocenters. The number of amides is 1. The molecule has 1 atom stereocenters. The largest absolute Gasteiger partial charge is 0.334 e. The molecule has 1 amide bonds. The minimum atomic E-state index is -3.08. The van der Waals surface area contributed by atoms with Crippen LogP contribution in [0.1, 0.15) is 32.1 Å². The number of hydrogen-bond donors (Lipinski definition) is 0. The summed E-state index contributed by atoms with van der Waals surface area (Å²) in [6.45, 7) is -0.147. The van der Waals surface area contributed by atoms with Gasteiger partial charge in [0.1, 0.15) is 11.7 Å². The summed E-state index contributed by atoms with van der Waals surface area (Å²) >= 11 is 6.04. The molecule has 2 aliphatic rings. The van der Waals surface area contributed by atoms with Crippen molar-refractivity contribution in [3.63, 3.8) is 0 Å². The summed E-state index contributed by atoms with van der Waals surface area (Å²) in [5, 5.41) is 0.210. The molecule has 1 aromatic heterocycles. The van der Waals surface area contributed by atoms with Gasteiger partial charge in [-0.05, 0) is 25.3 Å². The molecule has 1 saturated heterocycles. The number of carbonyl (C=O) groups excluding carboxylic acids is 1. The molecule has 132 valence electrons. The molecular weight excluding hydrogens is 352 g/mol. The summed E-state index contributed by atoms with van der Waals surface area (Å²) in [5.41, 5.74) is -0.332. The predicted molar refractivity (Wildman–Crippen MR) is 91.9 cm³/mol. The van der Waals surface area contributed by atoms with E-state index in [1.54, 1.807) is 17.0 Å². The number of carbonyl (C=O) groups is 1. The van der Waals surface area contributed by atoms with Crippen molar-refractivity contribution in [2.24, 2.45) is 0 Å². The fourth-order valence-electron chi connectivity index (χ4n) is 3.75. The van der Waals surface area contributed by atoms with Gasteiger partial charge in [-0.2, -0.15) is 0 Å². The maximum atomic E-state index is 12.9. The Kier molecular flexibility index (Phi) is 5.01. The molecule has 6 nitrogen and oxygen atoms in total. The SMILES string of the molecule is O=C(Cn1c(Cl)cccc1=O)N(C1CCCC1)[C@@H]1CCS(=O)(=O)C1. The van der Waals surface area contributed by atoms with Gasteiger partial charge >= 0.3 is 0 Å². The van der Waals surface area contributed by atoms with Gasteiger partial charge in [0.15, 0.2) is 9.84 Å². The molecule has 1 aliphatic heterocycles. The minimum absolute atomic E-state index is 0.0205. The number of rotatable bonds is 4. The van der Waals surface area contributed by atoms with Crippen molar-refractivity contribution >= 4 is 27.3 Å². The maximum absolute atomic E-state index is 12.9. The number of halogens is 1. The van der Waals surface area contributed by atoms with Crippen molar-refractivity contribution in [3.8, 4) is 0 Å². The number of hydrogen-bond acceptors (Lipinski definition) is 4. The van der Waals surface area contributed by atoms with Crippen molar-refractivity contribution in [2.45, 2.75) is 50.7 Å². The highest BCUT2D eigenvalue weighted by atomic mass is 35.5. The summed E-state index contributed by atoms with van der Waals surface area (Å²) < 4.78 is 24.9. The van der Waals surface area contributed by atoms with Crippen LogP contribution in [-0.4, -0.2) is 47.4 Å². The molecule has 0 N–H and O–H groups in total. The lowest BCUT2D eigenvalue weighted by Crippen LogP contribution is -2.49. The second-order valence-corrected chi connectivity index (χ2v) is 9.19. The van der Waals surface area contributed by atoms with Crippen molar-refractivity contribution in [3.05, 3.63) is 33.7 Å². The van der Waals surface area contributed by atoms with E-state index < -0.39 is 9.84 Å². The van der Waals surface area contributed by atoms with Crippen LogP contribution < -0.4 is 5.56 Å². The van der Waals surface area contributed by atoms with Crippen LogP contribution in [0.3, 0.4) is 0 Å². The molecule has 1 saturated carbocycles. The van der Waals surface area contributed by atoms with Gasteiger partial charge in [-0.1, -0.05) is 30.5 Å². The third kappa shape index (κ3) is 3.67. The van der Waals surface area contributed by atoms with E-state index >= 15 is 0 Å². The summed E-state index contributed by atoms with van der Waals surface area (Å²) in [4.78, 5) is 26.6. The molecule has 2 heterocycles. The van der Waals surface area contributed by atoms with Gasteiger partial charge in [-0.3, -0.25) is 14.2 Å². The van der Waals surface area contributed by atoms with Gasteiger partial charge in [-0.25, -0.2) is 8.42 Å². The van der Waals surface area contributed by atoms with Crippen molar-refractivity contribution in [2.75, 3.05) is 11.5 Å². The summed E-state index contributed by atoms with van der Waals surface area (Å²) in [7, 11) is -3.08. The molecule has 8 heteroatoms. The lowest BCUT2D eigenvalue weighted by Gasteiger charge is -2.34. The second-order valence-electron chi connectivity index (χ2n) is 6.57. The Labute approximate surface area is 146 Å². The lowest BCUT2D eigenvalue weighted by molar-refractivity contribution is -0.136. The first-order valence-electron chi connectivity index (χ1n) is 8.24. The standard InChI is InChI=1S/C16H21ClN2O4S/c17-14-6-3-7-15(20)18(14)10-16(21)19(12-4-1-2-5-12)13-8-9-24(22,23)11-13/h3,6-7,12-13H,1-2,4-5,8-11H2/t13-/m1/s1. The third-order valence-electron chi connectivity index (χ3n) is 4.90. The Morgan fingerprint density at radius 2 is 1.92 bits per heavy atom. The fraction of sp³-hybridized carbons (Fsp3) is 0.625. The first-order chi connectivity index (χ1) is 11.4. The maximum Gasteiger partial charge on any atom is 0.252 e. The molecule has 0 spiro atoms. The average Bonchev–Trinajstić information content (AvgIpc) is 3.14. The normalized spacial score (nSPS) is 23.5. The monoisotopic (exact) mass is 372 g/mol. The fourth-order valence-corrected chi connectivity index (χ4v) is 5.68. The molecule has 1 aromatic rings.